The molecule has 0 unspecified atom stereocenters. The van der Waals surface area contributed by atoms with Gasteiger partial charge in [0.15, 0.2) is 9.04 Å². The Kier molecular flexibility index (Phi) is 5.53. The fraction of sp³-hybridized carbons (Fsp3) is 0.750. The second kappa shape index (κ2) is 6.95. The maximum Gasteiger partial charge on any atom is 0.332 e. The number of nitrogens with zero attached hydrogens (tertiary/aromatic N) is 1. The third-order valence-electron chi connectivity index (χ3n) is 3.74. The molecule has 24 heavy (non-hydrogen) atoms. The van der Waals surface area contributed by atoms with Crippen LogP contribution in [0, 0.1) is 6.92 Å². The summed E-state index contributed by atoms with van der Waals surface area (Å²) in [6.07, 6.45) is 2.63. The number of H-pyrrole nitrogens is 1. The molecule has 0 radical (unpaired) electrons. The van der Waals surface area contributed by atoms with Crippen LogP contribution in [0.2, 0.25) is 13.1 Å². The average molecular weight is 356 g/mol. The van der Waals surface area contributed by atoms with Crippen LogP contribution in [-0.2, 0) is 19.8 Å². The van der Waals surface area contributed by atoms with Crippen molar-refractivity contribution in [2.75, 3.05) is 6.61 Å². The highest BCUT2D eigenvalue weighted by atomic mass is 28.3. The highest BCUT2D eigenvalue weighted by Gasteiger charge is 2.45. The third kappa shape index (κ3) is 4.44. The molecular weight excluding hydrogens is 328 g/mol. The number of rotatable bonds is 5. The molecule has 2 heterocycles. The predicted octanol–water partition coefficient (Wildman–Crippen LogP) is 1.45. The zero-order valence-corrected chi connectivity index (χ0v) is 16.5. The number of hydrogen-bond acceptors (Lipinski definition) is 5. The Hall–Kier alpha value is -1.22. The number of aromatic amines is 1. The summed E-state index contributed by atoms with van der Waals surface area (Å²) in [5.74, 6) is -1.15. The first-order chi connectivity index (χ1) is 11.0. The van der Waals surface area contributed by atoms with E-state index in [2.05, 4.69) is 4.98 Å². The van der Waals surface area contributed by atoms with E-state index in [4.69, 9.17) is 13.9 Å². The average Bonchev–Trinajstić information content (AvgIpc) is 2.83. The van der Waals surface area contributed by atoms with E-state index in [1.807, 2.05) is 33.9 Å². The van der Waals surface area contributed by atoms with Gasteiger partial charge in [0.05, 0.1) is 18.3 Å². The lowest BCUT2D eigenvalue weighted by molar-refractivity contribution is -0.247. The van der Waals surface area contributed by atoms with Gasteiger partial charge in [-0.25, -0.2) is 9.36 Å². The molecule has 0 aromatic carbocycles. The second-order valence-electron chi connectivity index (χ2n) is 7.52. The highest BCUT2D eigenvalue weighted by Crippen LogP contribution is 2.36. The molecule has 0 amide bonds. The molecule has 0 spiro atoms. The first-order valence-corrected chi connectivity index (χ1v) is 11.1. The van der Waals surface area contributed by atoms with Crippen molar-refractivity contribution in [2.45, 2.75) is 71.2 Å². The van der Waals surface area contributed by atoms with Crippen molar-refractivity contribution in [1.29, 1.82) is 0 Å². The molecule has 8 heteroatoms. The molecule has 0 aliphatic carbocycles. The molecule has 2 rings (SSSR count). The molecule has 1 aromatic heterocycles. The van der Waals surface area contributed by atoms with E-state index in [0.29, 0.717) is 18.6 Å². The van der Waals surface area contributed by atoms with Crippen LogP contribution in [-0.4, -0.2) is 36.9 Å². The van der Waals surface area contributed by atoms with E-state index >= 15 is 0 Å². The molecular formula is C16H28N2O5Si. The van der Waals surface area contributed by atoms with Crippen LogP contribution in [0.15, 0.2) is 15.8 Å². The topological polar surface area (TPSA) is 82.6 Å². The molecule has 1 aliphatic rings. The van der Waals surface area contributed by atoms with Crippen molar-refractivity contribution < 1.29 is 13.9 Å². The van der Waals surface area contributed by atoms with Gasteiger partial charge in [-0.2, -0.15) is 0 Å². The van der Waals surface area contributed by atoms with Crippen molar-refractivity contribution in [3.05, 3.63) is 32.6 Å². The lowest BCUT2D eigenvalue weighted by Gasteiger charge is -2.33. The number of ether oxygens (including phenoxy) is 2. The largest absolute Gasteiger partial charge is 0.377 e. The number of hydrogen-bond donors (Lipinski definition) is 1. The van der Waals surface area contributed by atoms with Gasteiger partial charge in [-0.3, -0.25) is 9.78 Å². The van der Waals surface area contributed by atoms with Crippen LogP contribution in [0.4, 0.5) is 0 Å². The molecule has 1 aliphatic heterocycles. The minimum atomic E-state index is -1.51. The maximum atomic E-state index is 12.3. The molecule has 1 saturated heterocycles. The molecule has 7 nitrogen and oxygen atoms in total. The van der Waals surface area contributed by atoms with Gasteiger partial charge in [-0.15, -0.1) is 0 Å². The summed E-state index contributed by atoms with van der Waals surface area (Å²) >= 11 is 0. The Morgan fingerprint density at radius 1 is 1.42 bits per heavy atom. The summed E-state index contributed by atoms with van der Waals surface area (Å²) in [4.78, 5) is 26.3. The van der Waals surface area contributed by atoms with Crippen LogP contribution in [0.5, 0.6) is 0 Å². The smallest absolute Gasteiger partial charge is 0.332 e. The van der Waals surface area contributed by atoms with Gasteiger partial charge < -0.3 is 13.9 Å². The molecule has 0 saturated carbocycles. The van der Waals surface area contributed by atoms with Crippen molar-refractivity contribution in [3.8, 4) is 0 Å². The monoisotopic (exact) mass is 356 g/mol. The van der Waals surface area contributed by atoms with Gasteiger partial charge in [0, 0.05) is 18.2 Å². The zero-order valence-electron chi connectivity index (χ0n) is 15.3. The fourth-order valence-corrected chi connectivity index (χ4v) is 3.71. The van der Waals surface area contributed by atoms with Crippen molar-refractivity contribution in [2.24, 2.45) is 0 Å². The van der Waals surface area contributed by atoms with Crippen molar-refractivity contribution >= 4 is 9.04 Å². The van der Waals surface area contributed by atoms with Gasteiger partial charge in [0.1, 0.15) is 0 Å². The summed E-state index contributed by atoms with van der Waals surface area (Å²) in [7, 11) is -1.51. The third-order valence-corrected chi connectivity index (χ3v) is 4.58. The number of aryl methyl sites for hydroxylation is 1. The van der Waals surface area contributed by atoms with Gasteiger partial charge in [0.2, 0.25) is 5.91 Å². The van der Waals surface area contributed by atoms with E-state index in [1.165, 1.54) is 10.8 Å². The van der Waals surface area contributed by atoms with Gasteiger partial charge in [-0.1, -0.05) is 0 Å². The number of aromatic nitrogens is 2. The highest BCUT2D eigenvalue weighted by molar-refractivity contribution is 6.48. The van der Waals surface area contributed by atoms with E-state index in [-0.39, 0.29) is 17.3 Å². The van der Waals surface area contributed by atoms with Gasteiger partial charge in [0.25, 0.3) is 5.56 Å². The summed E-state index contributed by atoms with van der Waals surface area (Å²) in [6, 6.07) is 0. The molecule has 1 aromatic rings. The summed E-state index contributed by atoms with van der Waals surface area (Å²) < 4.78 is 19.5. The maximum absolute atomic E-state index is 12.3. The van der Waals surface area contributed by atoms with Crippen LogP contribution in [0.25, 0.3) is 0 Å². The van der Waals surface area contributed by atoms with Crippen LogP contribution < -0.4 is 11.2 Å². The quantitative estimate of drug-likeness (QED) is 0.808. The van der Waals surface area contributed by atoms with Crippen LogP contribution >= 0.6 is 0 Å². The summed E-state index contributed by atoms with van der Waals surface area (Å²) in [5.41, 5.74) is -0.717. The van der Waals surface area contributed by atoms with Gasteiger partial charge in [-0.05, 0) is 47.2 Å². The Morgan fingerprint density at radius 2 is 2.08 bits per heavy atom. The minimum Gasteiger partial charge on any atom is -0.377 e. The van der Waals surface area contributed by atoms with E-state index in [9.17, 15) is 9.59 Å². The minimum absolute atomic E-state index is 0.156. The Morgan fingerprint density at radius 3 is 2.67 bits per heavy atom. The summed E-state index contributed by atoms with van der Waals surface area (Å²) in [5, 5.41) is 0. The SMILES string of the molecule is Cc1cn([C@@]2(O[SiH](C)C)CC[C@@H](COC(C)(C)C)O2)c(=O)[nH]c1=O. The Bertz CT molecular complexity index is 691. The first kappa shape index (κ1) is 19.1. The second-order valence-corrected chi connectivity index (χ2v) is 9.86. The lowest BCUT2D eigenvalue weighted by atomic mass is 10.2. The van der Waals surface area contributed by atoms with Gasteiger partial charge >= 0.3 is 5.69 Å². The van der Waals surface area contributed by atoms with Crippen LogP contribution in [0.1, 0.15) is 39.2 Å². The summed E-state index contributed by atoms with van der Waals surface area (Å²) in [6.45, 7) is 12.1. The van der Waals surface area contributed by atoms with Crippen LogP contribution in [0.3, 0.4) is 0 Å². The lowest BCUT2D eigenvalue weighted by Crippen LogP contribution is -2.48. The fourth-order valence-electron chi connectivity index (χ4n) is 2.69. The van der Waals surface area contributed by atoms with E-state index in [1.54, 1.807) is 6.92 Å². The Labute approximate surface area is 143 Å². The van der Waals surface area contributed by atoms with Crippen molar-refractivity contribution in [3.63, 3.8) is 0 Å². The molecule has 0 bridgehead atoms. The zero-order chi connectivity index (χ0) is 18.1. The first-order valence-electron chi connectivity index (χ1n) is 8.35. The van der Waals surface area contributed by atoms with E-state index < -0.39 is 20.6 Å². The molecule has 1 fully saturated rings. The van der Waals surface area contributed by atoms with Crippen molar-refractivity contribution in [1.82, 2.24) is 9.55 Å². The Balaban J connectivity index is 2.31. The van der Waals surface area contributed by atoms with E-state index in [0.717, 1.165) is 6.42 Å². The predicted molar refractivity (Wildman–Crippen MR) is 93.8 cm³/mol. The molecule has 136 valence electrons. The normalized spacial score (nSPS) is 24.7. The molecule has 2 atom stereocenters. The standard InChI is InChI=1S/C16H28N2O5Si/c1-11-9-18(14(20)17-13(11)19)16(23-24(5)6)8-7-12(22-16)10-21-15(2,3)4/h9,12,24H,7-8,10H2,1-6H3,(H,17,19,20)/t12-,16-/m0/s1. The molecule has 1 N–H and O–H groups in total. The number of nitrogens with one attached hydrogen (secondary N) is 1.